The van der Waals surface area contributed by atoms with Crippen molar-refractivity contribution in [1.82, 2.24) is 4.90 Å². The molecule has 5 nitrogen and oxygen atoms in total. The van der Waals surface area contributed by atoms with Crippen molar-refractivity contribution in [2.45, 2.75) is 11.4 Å². The van der Waals surface area contributed by atoms with Crippen LogP contribution in [-0.4, -0.2) is 46.8 Å². The fourth-order valence-corrected chi connectivity index (χ4v) is 2.44. The maximum atomic E-state index is 11.6. The number of hydrogen-bond donors (Lipinski definition) is 1. The highest BCUT2D eigenvalue weighted by atomic mass is 32.2. The lowest BCUT2D eigenvalue weighted by Crippen LogP contribution is -2.19. The molecule has 1 aromatic carbocycles. The first kappa shape index (κ1) is 14.9. The van der Waals surface area contributed by atoms with Crippen molar-refractivity contribution in [2.24, 2.45) is 5.73 Å². The summed E-state index contributed by atoms with van der Waals surface area (Å²) in [6, 6.07) is 4.97. The Morgan fingerprint density at radius 3 is 2.50 bits per heavy atom. The molecule has 2 N–H and O–H groups in total. The summed E-state index contributed by atoms with van der Waals surface area (Å²) in [5, 5.41) is 0. The minimum atomic E-state index is -3.28. The molecule has 0 amide bonds. The van der Waals surface area contributed by atoms with Crippen molar-refractivity contribution in [3.8, 4) is 5.75 Å². The molecule has 0 spiro atoms. The van der Waals surface area contributed by atoms with Gasteiger partial charge in [-0.2, -0.15) is 0 Å². The monoisotopic (exact) mass is 272 g/mol. The van der Waals surface area contributed by atoms with Gasteiger partial charge in [-0.05, 0) is 31.8 Å². The van der Waals surface area contributed by atoms with Crippen LogP contribution in [0, 0.1) is 0 Å². The number of hydrogen-bond acceptors (Lipinski definition) is 5. The van der Waals surface area contributed by atoms with Crippen LogP contribution in [0.2, 0.25) is 0 Å². The number of likely N-dealkylation sites (N-methyl/N-ethyl adjacent to an activating group) is 1. The summed E-state index contributed by atoms with van der Waals surface area (Å²) in [6.07, 6.45) is 1.17. The summed E-state index contributed by atoms with van der Waals surface area (Å²) in [7, 11) is 0.615. The molecular weight excluding hydrogens is 252 g/mol. The zero-order valence-electron chi connectivity index (χ0n) is 11.0. The molecule has 0 saturated heterocycles. The minimum Gasteiger partial charge on any atom is -0.492 e. The molecule has 0 saturated carbocycles. The molecule has 0 aromatic heterocycles. The largest absolute Gasteiger partial charge is 0.492 e. The predicted octanol–water partition coefficient (Wildman–Crippen LogP) is 0.489. The van der Waals surface area contributed by atoms with Gasteiger partial charge >= 0.3 is 0 Å². The van der Waals surface area contributed by atoms with Gasteiger partial charge in [-0.1, -0.05) is 6.07 Å². The molecule has 0 unspecified atom stereocenters. The summed E-state index contributed by atoms with van der Waals surface area (Å²) in [5.74, 6) is 0.550. The van der Waals surface area contributed by atoms with E-state index in [1.54, 1.807) is 12.1 Å². The van der Waals surface area contributed by atoms with Crippen LogP contribution in [-0.2, 0) is 16.4 Å². The van der Waals surface area contributed by atoms with Crippen LogP contribution < -0.4 is 10.5 Å². The average Bonchev–Trinajstić information content (AvgIpc) is 2.27. The fourth-order valence-electron chi connectivity index (χ4n) is 1.48. The smallest absolute Gasteiger partial charge is 0.175 e. The van der Waals surface area contributed by atoms with Crippen molar-refractivity contribution in [3.05, 3.63) is 23.8 Å². The Morgan fingerprint density at radius 1 is 1.33 bits per heavy atom. The lowest BCUT2D eigenvalue weighted by molar-refractivity contribution is 0.261. The maximum Gasteiger partial charge on any atom is 0.175 e. The summed E-state index contributed by atoms with van der Waals surface area (Å²) in [6.45, 7) is 1.48. The SMILES string of the molecule is CN(C)CCOc1ccc(CN)c(S(C)(=O)=O)c1. The van der Waals surface area contributed by atoms with E-state index < -0.39 is 9.84 Å². The normalized spacial score (nSPS) is 11.8. The zero-order valence-corrected chi connectivity index (χ0v) is 11.8. The molecule has 1 aromatic rings. The van der Waals surface area contributed by atoms with Gasteiger partial charge in [0.25, 0.3) is 0 Å². The molecular formula is C12H20N2O3S. The standard InChI is InChI=1S/C12H20N2O3S/c1-14(2)6-7-17-11-5-4-10(9-13)12(8-11)18(3,15)16/h4-5,8H,6-7,9,13H2,1-3H3. The van der Waals surface area contributed by atoms with Crippen LogP contribution in [0.4, 0.5) is 0 Å². The molecule has 0 aliphatic carbocycles. The third-order valence-electron chi connectivity index (χ3n) is 2.47. The predicted molar refractivity (Wildman–Crippen MR) is 71.5 cm³/mol. The van der Waals surface area contributed by atoms with Crippen molar-refractivity contribution in [1.29, 1.82) is 0 Å². The van der Waals surface area contributed by atoms with Crippen molar-refractivity contribution < 1.29 is 13.2 Å². The minimum absolute atomic E-state index is 0.195. The Labute approximate surface area is 108 Å². The van der Waals surface area contributed by atoms with Gasteiger partial charge in [-0.3, -0.25) is 0 Å². The highest BCUT2D eigenvalue weighted by molar-refractivity contribution is 7.90. The molecule has 1 rings (SSSR count). The Morgan fingerprint density at radius 2 is 2.00 bits per heavy atom. The second-order valence-electron chi connectivity index (χ2n) is 4.40. The third kappa shape index (κ3) is 4.29. The molecule has 0 aliphatic rings. The Balaban J connectivity index is 2.90. The van der Waals surface area contributed by atoms with Gasteiger partial charge in [0.05, 0.1) is 4.90 Å². The van der Waals surface area contributed by atoms with Crippen LogP contribution in [0.1, 0.15) is 5.56 Å². The highest BCUT2D eigenvalue weighted by Crippen LogP contribution is 2.22. The first-order valence-electron chi connectivity index (χ1n) is 5.65. The molecule has 0 bridgehead atoms. The van der Waals surface area contributed by atoms with E-state index in [1.807, 2.05) is 19.0 Å². The topological polar surface area (TPSA) is 72.6 Å². The second-order valence-corrected chi connectivity index (χ2v) is 6.38. The van der Waals surface area contributed by atoms with Crippen LogP contribution in [0.5, 0.6) is 5.75 Å². The van der Waals surface area contributed by atoms with E-state index >= 15 is 0 Å². The molecule has 6 heteroatoms. The molecule has 102 valence electrons. The molecule has 0 atom stereocenters. The number of ether oxygens (including phenoxy) is 1. The van der Waals surface area contributed by atoms with Crippen molar-refractivity contribution >= 4 is 9.84 Å². The van der Waals surface area contributed by atoms with Gasteiger partial charge < -0.3 is 15.4 Å². The van der Waals surface area contributed by atoms with Gasteiger partial charge in [0, 0.05) is 19.3 Å². The molecule has 0 fully saturated rings. The zero-order chi connectivity index (χ0) is 13.8. The molecule has 0 aliphatic heterocycles. The Kier molecular flexibility index (Phi) is 5.13. The number of nitrogens with zero attached hydrogens (tertiary/aromatic N) is 1. The second kappa shape index (κ2) is 6.17. The quantitative estimate of drug-likeness (QED) is 0.816. The molecule has 0 radical (unpaired) electrons. The number of nitrogens with two attached hydrogens (primary N) is 1. The van der Waals surface area contributed by atoms with E-state index in [4.69, 9.17) is 10.5 Å². The Hall–Kier alpha value is -1.11. The number of benzene rings is 1. The van der Waals surface area contributed by atoms with Crippen LogP contribution in [0.3, 0.4) is 0 Å². The van der Waals surface area contributed by atoms with Gasteiger partial charge in [0.15, 0.2) is 9.84 Å². The van der Waals surface area contributed by atoms with E-state index in [9.17, 15) is 8.42 Å². The van der Waals surface area contributed by atoms with Gasteiger partial charge in [0.1, 0.15) is 12.4 Å². The van der Waals surface area contributed by atoms with Crippen molar-refractivity contribution in [2.75, 3.05) is 33.5 Å². The van der Waals surface area contributed by atoms with Crippen molar-refractivity contribution in [3.63, 3.8) is 0 Å². The summed E-state index contributed by atoms with van der Waals surface area (Å²) < 4.78 is 28.8. The highest BCUT2D eigenvalue weighted by Gasteiger charge is 2.13. The first-order valence-corrected chi connectivity index (χ1v) is 7.54. The van der Waals surface area contributed by atoms with Gasteiger partial charge in [-0.15, -0.1) is 0 Å². The number of sulfone groups is 1. The van der Waals surface area contributed by atoms with E-state index in [0.29, 0.717) is 17.9 Å². The molecule has 0 heterocycles. The van der Waals surface area contributed by atoms with Crippen LogP contribution in [0.15, 0.2) is 23.1 Å². The lowest BCUT2D eigenvalue weighted by Gasteiger charge is -2.13. The van der Waals surface area contributed by atoms with E-state index in [-0.39, 0.29) is 11.4 Å². The van der Waals surface area contributed by atoms with E-state index in [1.165, 1.54) is 12.3 Å². The van der Waals surface area contributed by atoms with Crippen LogP contribution in [0.25, 0.3) is 0 Å². The average molecular weight is 272 g/mol. The summed E-state index contributed by atoms with van der Waals surface area (Å²) in [4.78, 5) is 2.23. The van der Waals surface area contributed by atoms with Crippen LogP contribution >= 0.6 is 0 Å². The Bertz CT molecular complexity index is 498. The fraction of sp³-hybridized carbons (Fsp3) is 0.500. The van der Waals surface area contributed by atoms with Gasteiger partial charge in [-0.25, -0.2) is 8.42 Å². The van der Waals surface area contributed by atoms with E-state index in [2.05, 4.69) is 0 Å². The lowest BCUT2D eigenvalue weighted by atomic mass is 10.2. The summed E-state index contributed by atoms with van der Waals surface area (Å²) >= 11 is 0. The van der Waals surface area contributed by atoms with Gasteiger partial charge in [0.2, 0.25) is 0 Å². The molecule has 18 heavy (non-hydrogen) atoms. The van der Waals surface area contributed by atoms with E-state index in [0.717, 1.165) is 6.54 Å². The first-order chi connectivity index (χ1) is 8.34. The summed E-state index contributed by atoms with van der Waals surface area (Å²) in [5.41, 5.74) is 6.13. The maximum absolute atomic E-state index is 11.6. The number of rotatable bonds is 6. The third-order valence-corrected chi connectivity index (χ3v) is 3.64.